The number of aromatic nitrogens is 1. The predicted molar refractivity (Wildman–Crippen MR) is 58.4 cm³/mol. The highest BCUT2D eigenvalue weighted by molar-refractivity contribution is 5.44. The van der Waals surface area contributed by atoms with Crippen LogP contribution in [-0.4, -0.2) is 31.8 Å². The van der Waals surface area contributed by atoms with Gasteiger partial charge in [0.05, 0.1) is 6.61 Å². The molecular weight excluding hydrogens is 178 g/mol. The first kappa shape index (κ1) is 10.8. The summed E-state index contributed by atoms with van der Waals surface area (Å²) in [5, 5.41) is 0. The molecule has 0 unspecified atom stereocenters. The third-order valence-corrected chi connectivity index (χ3v) is 2.03. The van der Waals surface area contributed by atoms with Gasteiger partial charge < -0.3 is 15.4 Å². The van der Waals surface area contributed by atoms with Crippen LogP contribution in [0.3, 0.4) is 0 Å². The van der Waals surface area contributed by atoms with Gasteiger partial charge in [-0.3, -0.25) is 0 Å². The minimum atomic E-state index is 0.554. The molecule has 0 saturated carbocycles. The summed E-state index contributed by atoms with van der Waals surface area (Å²) < 4.78 is 5.03. The van der Waals surface area contributed by atoms with Crippen molar-refractivity contribution < 1.29 is 4.74 Å². The van der Waals surface area contributed by atoms with Crippen LogP contribution in [0.15, 0.2) is 18.2 Å². The molecule has 1 rings (SSSR count). The van der Waals surface area contributed by atoms with Gasteiger partial charge in [0.25, 0.3) is 0 Å². The number of pyridine rings is 1. The Morgan fingerprint density at radius 1 is 1.50 bits per heavy atom. The molecule has 4 nitrogen and oxygen atoms in total. The summed E-state index contributed by atoms with van der Waals surface area (Å²) in [5.74, 6) is 1.46. The molecule has 0 saturated heterocycles. The lowest BCUT2D eigenvalue weighted by atomic mass is 10.4. The van der Waals surface area contributed by atoms with Crippen molar-refractivity contribution in [3.63, 3.8) is 0 Å². The SMILES string of the molecule is CCN(CCOC)c1cccc(N)n1. The average Bonchev–Trinajstić information content (AvgIpc) is 2.19. The third kappa shape index (κ3) is 2.88. The fourth-order valence-electron chi connectivity index (χ4n) is 1.25. The van der Waals surface area contributed by atoms with Gasteiger partial charge in [-0.1, -0.05) is 6.07 Å². The molecule has 0 atom stereocenters. The Morgan fingerprint density at radius 2 is 2.29 bits per heavy atom. The van der Waals surface area contributed by atoms with Crippen LogP contribution < -0.4 is 10.6 Å². The molecule has 0 bridgehead atoms. The molecule has 0 fully saturated rings. The lowest BCUT2D eigenvalue weighted by molar-refractivity contribution is 0.205. The first-order chi connectivity index (χ1) is 6.77. The van der Waals surface area contributed by atoms with E-state index in [1.165, 1.54) is 0 Å². The number of methoxy groups -OCH3 is 1. The first-order valence-electron chi connectivity index (χ1n) is 4.74. The summed E-state index contributed by atoms with van der Waals surface area (Å²) in [7, 11) is 1.70. The number of nitrogens with two attached hydrogens (primary N) is 1. The van der Waals surface area contributed by atoms with Crippen molar-refractivity contribution >= 4 is 11.6 Å². The normalized spacial score (nSPS) is 10.1. The standard InChI is InChI=1S/C10H17N3O/c1-3-13(7-8-14-2)10-6-4-5-9(11)12-10/h4-6H,3,7-8H2,1-2H3,(H2,11,12). The molecule has 1 aromatic rings. The Kier molecular flexibility index (Phi) is 4.19. The highest BCUT2D eigenvalue weighted by atomic mass is 16.5. The number of hydrogen-bond donors (Lipinski definition) is 1. The van der Waals surface area contributed by atoms with Gasteiger partial charge >= 0.3 is 0 Å². The van der Waals surface area contributed by atoms with Gasteiger partial charge in [0, 0.05) is 20.2 Å². The van der Waals surface area contributed by atoms with Gasteiger partial charge in [0.1, 0.15) is 11.6 Å². The van der Waals surface area contributed by atoms with E-state index in [1.807, 2.05) is 12.1 Å². The summed E-state index contributed by atoms with van der Waals surface area (Å²) >= 11 is 0. The number of ether oxygens (including phenoxy) is 1. The summed E-state index contributed by atoms with van der Waals surface area (Å²) in [4.78, 5) is 6.37. The molecule has 2 N–H and O–H groups in total. The van der Waals surface area contributed by atoms with Crippen molar-refractivity contribution in [2.75, 3.05) is 37.4 Å². The molecule has 1 aromatic heterocycles. The number of hydrogen-bond acceptors (Lipinski definition) is 4. The lowest BCUT2D eigenvalue weighted by Gasteiger charge is -2.21. The van der Waals surface area contributed by atoms with Crippen LogP contribution in [0.5, 0.6) is 0 Å². The molecule has 0 aliphatic carbocycles. The van der Waals surface area contributed by atoms with Crippen LogP contribution in [0.1, 0.15) is 6.92 Å². The minimum Gasteiger partial charge on any atom is -0.384 e. The van der Waals surface area contributed by atoms with Crippen molar-refractivity contribution in [1.82, 2.24) is 4.98 Å². The van der Waals surface area contributed by atoms with Gasteiger partial charge in [0.2, 0.25) is 0 Å². The van der Waals surface area contributed by atoms with Gasteiger partial charge in [-0.25, -0.2) is 4.98 Å². The molecule has 0 aliphatic heterocycles. The van der Waals surface area contributed by atoms with Crippen LogP contribution in [0, 0.1) is 0 Å². The van der Waals surface area contributed by atoms with Gasteiger partial charge in [-0.05, 0) is 19.1 Å². The van der Waals surface area contributed by atoms with Gasteiger partial charge in [-0.2, -0.15) is 0 Å². The number of nitrogen functional groups attached to an aromatic ring is 1. The molecule has 0 aliphatic rings. The first-order valence-corrected chi connectivity index (χ1v) is 4.74. The molecular formula is C10H17N3O. The summed E-state index contributed by atoms with van der Waals surface area (Å²) in [6.07, 6.45) is 0. The van der Waals surface area contributed by atoms with E-state index in [-0.39, 0.29) is 0 Å². The Bertz CT molecular complexity index is 278. The Balaban J connectivity index is 2.68. The topological polar surface area (TPSA) is 51.4 Å². The van der Waals surface area contributed by atoms with Crippen LogP contribution in [0.2, 0.25) is 0 Å². The lowest BCUT2D eigenvalue weighted by Crippen LogP contribution is -2.27. The van der Waals surface area contributed by atoms with E-state index in [4.69, 9.17) is 10.5 Å². The molecule has 78 valence electrons. The maximum Gasteiger partial charge on any atom is 0.131 e. The van der Waals surface area contributed by atoms with E-state index >= 15 is 0 Å². The van der Waals surface area contributed by atoms with Crippen molar-refractivity contribution in [2.24, 2.45) is 0 Å². The van der Waals surface area contributed by atoms with Gasteiger partial charge in [0.15, 0.2) is 0 Å². The highest BCUT2D eigenvalue weighted by Gasteiger charge is 2.04. The average molecular weight is 195 g/mol. The van der Waals surface area contributed by atoms with E-state index in [9.17, 15) is 0 Å². The molecule has 0 aromatic carbocycles. The quantitative estimate of drug-likeness (QED) is 0.765. The van der Waals surface area contributed by atoms with Crippen molar-refractivity contribution in [3.8, 4) is 0 Å². The Hall–Kier alpha value is -1.29. The molecule has 4 heteroatoms. The fraction of sp³-hybridized carbons (Fsp3) is 0.500. The summed E-state index contributed by atoms with van der Waals surface area (Å²) in [6.45, 7) is 4.52. The number of rotatable bonds is 5. The zero-order valence-corrected chi connectivity index (χ0v) is 8.73. The molecule has 0 amide bonds. The van der Waals surface area contributed by atoms with E-state index in [1.54, 1.807) is 13.2 Å². The van der Waals surface area contributed by atoms with Crippen LogP contribution in [0.25, 0.3) is 0 Å². The zero-order chi connectivity index (χ0) is 10.4. The number of anilines is 2. The fourth-order valence-corrected chi connectivity index (χ4v) is 1.25. The van der Waals surface area contributed by atoms with E-state index < -0.39 is 0 Å². The van der Waals surface area contributed by atoms with E-state index in [0.29, 0.717) is 12.4 Å². The van der Waals surface area contributed by atoms with Crippen molar-refractivity contribution in [3.05, 3.63) is 18.2 Å². The second kappa shape index (κ2) is 5.44. The molecule has 1 heterocycles. The summed E-state index contributed by atoms with van der Waals surface area (Å²) in [5.41, 5.74) is 5.61. The van der Waals surface area contributed by atoms with Crippen molar-refractivity contribution in [1.29, 1.82) is 0 Å². The smallest absolute Gasteiger partial charge is 0.131 e. The molecule has 0 radical (unpaired) electrons. The van der Waals surface area contributed by atoms with E-state index in [0.717, 1.165) is 18.9 Å². The van der Waals surface area contributed by atoms with Crippen LogP contribution in [-0.2, 0) is 4.74 Å². The van der Waals surface area contributed by atoms with E-state index in [2.05, 4.69) is 16.8 Å². The third-order valence-electron chi connectivity index (χ3n) is 2.03. The maximum absolute atomic E-state index is 5.61. The molecule has 14 heavy (non-hydrogen) atoms. The Morgan fingerprint density at radius 3 is 2.86 bits per heavy atom. The highest BCUT2D eigenvalue weighted by Crippen LogP contribution is 2.11. The largest absolute Gasteiger partial charge is 0.384 e. The van der Waals surface area contributed by atoms with Crippen LogP contribution in [0.4, 0.5) is 11.6 Å². The predicted octanol–water partition coefficient (Wildman–Crippen LogP) is 1.14. The minimum absolute atomic E-state index is 0.554. The number of likely N-dealkylation sites (N-methyl/N-ethyl adjacent to an activating group) is 1. The zero-order valence-electron chi connectivity index (χ0n) is 8.73. The summed E-state index contributed by atoms with van der Waals surface area (Å²) in [6, 6.07) is 5.65. The van der Waals surface area contributed by atoms with Crippen molar-refractivity contribution in [2.45, 2.75) is 6.92 Å². The molecule has 0 spiro atoms. The Labute approximate surface area is 84.7 Å². The number of nitrogens with zero attached hydrogens (tertiary/aromatic N) is 2. The monoisotopic (exact) mass is 195 g/mol. The van der Waals surface area contributed by atoms with Gasteiger partial charge in [-0.15, -0.1) is 0 Å². The second-order valence-corrected chi connectivity index (χ2v) is 2.99. The van der Waals surface area contributed by atoms with Crippen LogP contribution >= 0.6 is 0 Å². The second-order valence-electron chi connectivity index (χ2n) is 2.99. The maximum atomic E-state index is 5.61.